The molecule has 1 aromatic carbocycles. The Labute approximate surface area is 111 Å². The first-order valence-electron chi connectivity index (χ1n) is 6.48. The third-order valence-electron chi connectivity index (χ3n) is 3.16. The maximum absolute atomic E-state index is 11.3. The Bertz CT molecular complexity index is 481. The van der Waals surface area contributed by atoms with Gasteiger partial charge in [0.15, 0.2) is 0 Å². The lowest BCUT2D eigenvalue weighted by Gasteiger charge is -2.20. The van der Waals surface area contributed by atoms with Crippen LogP contribution >= 0.6 is 0 Å². The number of carbonyl (C=O) groups is 1. The quantitative estimate of drug-likeness (QED) is 0.814. The van der Waals surface area contributed by atoms with Gasteiger partial charge in [0.2, 0.25) is 0 Å². The van der Waals surface area contributed by atoms with Gasteiger partial charge < -0.3 is 19.7 Å². The van der Waals surface area contributed by atoms with Crippen molar-refractivity contribution >= 4 is 5.97 Å². The molecule has 0 amide bonds. The molecule has 0 fully saturated rings. The van der Waals surface area contributed by atoms with Crippen LogP contribution in [0, 0.1) is 0 Å². The van der Waals surface area contributed by atoms with Gasteiger partial charge in [-0.15, -0.1) is 0 Å². The molecule has 0 aliphatic carbocycles. The number of benzene rings is 1. The molecule has 5 nitrogen and oxygen atoms in total. The fourth-order valence-electron chi connectivity index (χ4n) is 2.23. The predicted octanol–water partition coefficient (Wildman–Crippen LogP) is 1.92. The van der Waals surface area contributed by atoms with Crippen molar-refractivity contribution in [2.75, 3.05) is 13.2 Å². The number of hydrogen-bond acceptors (Lipinski definition) is 5. The summed E-state index contributed by atoms with van der Waals surface area (Å²) >= 11 is 0. The second-order valence-electron chi connectivity index (χ2n) is 4.46. The number of carbonyl (C=O) groups excluding carboxylic acids is 1. The minimum absolute atomic E-state index is 0.0394. The summed E-state index contributed by atoms with van der Waals surface area (Å²) < 4.78 is 10.2. The fraction of sp³-hybridized carbons (Fsp3) is 0.500. The summed E-state index contributed by atoms with van der Waals surface area (Å²) in [4.78, 5) is 11.3. The third kappa shape index (κ3) is 2.92. The van der Waals surface area contributed by atoms with Crippen molar-refractivity contribution in [3.05, 3.63) is 17.2 Å². The summed E-state index contributed by atoms with van der Waals surface area (Å²) in [5, 5.41) is 20.1. The number of esters is 1. The summed E-state index contributed by atoms with van der Waals surface area (Å²) in [5.41, 5.74) is 1.10. The number of aromatic hydroxyl groups is 2. The van der Waals surface area contributed by atoms with Crippen molar-refractivity contribution in [1.29, 1.82) is 0 Å². The smallest absolute Gasteiger partial charge is 0.306 e. The molecule has 0 saturated carbocycles. The molecule has 0 aromatic heterocycles. The average molecular weight is 266 g/mol. The van der Waals surface area contributed by atoms with E-state index in [0.717, 1.165) is 6.42 Å². The van der Waals surface area contributed by atoms with Crippen LogP contribution in [0.4, 0.5) is 0 Å². The van der Waals surface area contributed by atoms with Crippen LogP contribution in [0.2, 0.25) is 0 Å². The van der Waals surface area contributed by atoms with Crippen LogP contribution in [0.15, 0.2) is 6.07 Å². The fourth-order valence-corrected chi connectivity index (χ4v) is 2.23. The average Bonchev–Trinajstić information content (AvgIpc) is 2.39. The molecule has 0 unspecified atom stereocenters. The Hall–Kier alpha value is -1.91. The molecule has 0 bridgehead atoms. The van der Waals surface area contributed by atoms with Crippen molar-refractivity contribution in [2.45, 2.75) is 32.6 Å². The Morgan fingerprint density at radius 2 is 2.26 bits per heavy atom. The maximum Gasteiger partial charge on any atom is 0.306 e. The first kappa shape index (κ1) is 13.5. The number of phenols is 2. The van der Waals surface area contributed by atoms with Crippen LogP contribution in [0.3, 0.4) is 0 Å². The SMILES string of the molecule is CCOC(=O)CCc1c(O)cc2c(c1O)CCCO2. The van der Waals surface area contributed by atoms with Gasteiger partial charge in [0.25, 0.3) is 0 Å². The number of hydrogen-bond donors (Lipinski definition) is 2. The van der Waals surface area contributed by atoms with E-state index in [0.29, 0.717) is 36.5 Å². The molecule has 0 radical (unpaired) electrons. The molecule has 1 heterocycles. The van der Waals surface area contributed by atoms with Gasteiger partial charge in [-0.2, -0.15) is 0 Å². The minimum atomic E-state index is -0.338. The lowest BCUT2D eigenvalue weighted by molar-refractivity contribution is -0.143. The van der Waals surface area contributed by atoms with E-state index in [1.54, 1.807) is 6.92 Å². The van der Waals surface area contributed by atoms with Gasteiger partial charge in [0, 0.05) is 23.6 Å². The first-order valence-corrected chi connectivity index (χ1v) is 6.48. The highest BCUT2D eigenvalue weighted by atomic mass is 16.5. The van der Waals surface area contributed by atoms with Crippen LogP contribution in [-0.2, 0) is 22.4 Å². The molecule has 1 aliphatic rings. The lowest BCUT2D eigenvalue weighted by atomic mass is 9.98. The van der Waals surface area contributed by atoms with Gasteiger partial charge >= 0.3 is 5.97 Å². The molecule has 5 heteroatoms. The maximum atomic E-state index is 11.3. The zero-order chi connectivity index (χ0) is 13.8. The Morgan fingerprint density at radius 3 is 3.00 bits per heavy atom. The largest absolute Gasteiger partial charge is 0.507 e. The second-order valence-corrected chi connectivity index (χ2v) is 4.46. The summed E-state index contributed by atoms with van der Waals surface area (Å²) in [6.45, 7) is 2.66. The molecule has 1 aliphatic heterocycles. The van der Waals surface area contributed by atoms with Crippen LogP contribution in [0.1, 0.15) is 30.9 Å². The molecule has 1 aromatic rings. The standard InChI is InChI=1S/C14H18O5/c1-2-18-13(16)6-5-9-11(15)8-12-10(14(9)17)4-3-7-19-12/h8,15,17H,2-7H2,1H3. The summed E-state index contributed by atoms with van der Waals surface area (Å²) in [6, 6.07) is 1.51. The molecule has 19 heavy (non-hydrogen) atoms. The van der Waals surface area contributed by atoms with Crippen molar-refractivity contribution in [2.24, 2.45) is 0 Å². The summed E-state index contributed by atoms with van der Waals surface area (Å²) in [6.07, 6.45) is 1.94. The van der Waals surface area contributed by atoms with Crippen LogP contribution in [-0.4, -0.2) is 29.4 Å². The summed E-state index contributed by atoms with van der Waals surface area (Å²) in [7, 11) is 0. The first-order chi connectivity index (χ1) is 9.13. The topological polar surface area (TPSA) is 76.0 Å². The number of phenolic OH excluding ortho intramolecular Hbond substituents is 2. The molecule has 0 spiro atoms. The molecular weight excluding hydrogens is 248 g/mol. The van der Waals surface area contributed by atoms with E-state index >= 15 is 0 Å². The van der Waals surface area contributed by atoms with Gasteiger partial charge in [0.1, 0.15) is 17.2 Å². The van der Waals surface area contributed by atoms with Crippen molar-refractivity contribution < 1.29 is 24.5 Å². The van der Waals surface area contributed by atoms with Crippen molar-refractivity contribution in [3.8, 4) is 17.2 Å². The molecule has 2 N–H and O–H groups in total. The number of ether oxygens (including phenoxy) is 2. The highest BCUT2D eigenvalue weighted by molar-refractivity contribution is 5.70. The van der Waals surface area contributed by atoms with E-state index in [9.17, 15) is 15.0 Å². The third-order valence-corrected chi connectivity index (χ3v) is 3.16. The van der Waals surface area contributed by atoms with E-state index in [-0.39, 0.29) is 30.3 Å². The van der Waals surface area contributed by atoms with Gasteiger partial charge in [-0.25, -0.2) is 0 Å². The van der Waals surface area contributed by atoms with Gasteiger partial charge in [-0.3, -0.25) is 4.79 Å². The normalized spacial score (nSPS) is 13.5. The van der Waals surface area contributed by atoms with Crippen LogP contribution in [0.25, 0.3) is 0 Å². The minimum Gasteiger partial charge on any atom is -0.507 e. The highest BCUT2D eigenvalue weighted by Gasteiger charge is 2.21. The zero-order valence-corrected chi connectivity index (χ0v) is 10.9. The number of rotatable bonds is 4. The van der Waals surface area contributed by atoms with Gasteiger partial charge in [-0.1, -0.05) is 0 Å². The molecule has 0 saturated heterocycles. The van der Waals surface area contributed by atoms with Crippen molar-refractivity contribution in [3.63, 3.8) is 0 Å². The monoisotopic (exact) mass is 266 g/mol. The predicted molar refractivity (Wildman–Crippen MR) is 68.5 cm³/mol. The second kappa shape index (κ2) is 5.82. The molecular formula is C14H18O5. The Morgan fingerprint density at radius 1 is 1.47 bits per heavy atom. The molecule has 0 atom stereocenters. The van der Waals surface area contributed by atoms with Gasteiger partial charge in [0.05, 0.1) is 13.2 Å². The van der Waals surface area contributed by atoms with Crippen LogP contribution < -0.4 is 4.74 Å². The van der Waals surface area contributed by atoms with E-state index in [1.165, 1.54) is 6.07 Å². The van der Waals surface area contributed by atoms with E-state index < -0.39 is 0 Å². The number of fused-ring (bicyclic) bond motifs is 1. The molecule has 104 valence electrons. The zero-order valence-electron chi connectivity index (χ0n) is 10.9. The Kier molecular flexibility index (Phi) is 4.14. The van der Waals surface area contributed by atoms with E-state index in [2.05, 4.69) is 0 Å². The van der Waals surface area contributed by atoms with E-state index in [4.69, 9.17) is 9.47 Å². The lowest BCUT2D eigenvalue weighted by Crippen LogP contribution is -2.10. The van der Waals surface area contributed by atoms with Gasteiger partial charge in [-0.05, 0) is 26.2 Å². The Balaban J connectivity index is 2.18. The van der Waals surface area contributed by atoms with E-state index in [1.807, 2.05) is 0 Å². The van der Waals surface area contributed by atoms with Crippen molar-refractivity contribution in [1.82, 2.24) is 0 Å². The van der Waals surface area contributed by atoms with Crippen LogP contribution in [0.5, 0.6) is 17.2 Å². The summed E-state index contributed by atoms with van der Waals surface area (Å²) in [5.74, 6) is 0.192. The molecule has 2 rings (SSSR count). The highest BCUT2D eigenvalue weighted by Crippen LogP contribution is 2.41.